The van der Waals surface area contributed by atoms with Gasteiger partial charge < -0.3 is 10.0 Å². The molecule has 1 amide bonds. The Kier molecular flexibility index (Phi) is 3.69. The Morgan fingerprint density at radius 1 is 1.24 bits per heavy atom. The second kappa shape index (κ2) is 5.50. The van der Waals surface area contributed by atoms with Crippen LogP contribution in [-0.4, -0.2) is 38.2 Å². The molecule has 3 rings (SSSR count). The second-order valence-corrected chi connectivity index (χ2v) is 6.05. The maximum atomic E-state index is 12.6. The number of carboxylic acid groups (broad SMARTS) is 1. The molecule has 1 aromatic rings. The van der Waals surface area contributed by atoms with Crippen molar-refractivity contribution in [1.82, 2.24) is 14.7 Å². The minimum absolute atomic E-state index is 0.130. The molecule has 1 aromatic heterocycles. The standard InChI is InChI=1S/C15H21N3O3/c1-17-13(15(20)21)11-9-18(8-7-12(11)16-17)14(19)10-5-3-2-4-6-10/h10H,2-9H2,1H3,(H,20,21). The molecule has 6 heteroatoms. The van der Waals surface area contributed by atoms with E-state index in [1.807, 2.05) is 4.90 Å². The highest BCUT2D eigenvalue weighted by Crippen LogP contribution is 2.28. The number of nitrogens with zero attached hydrogens (tertiary/aromatic N) is 3. The van der Waals surface area contributed by atoms with Crippen LogP contribution >= 0.6 is 0 Å². The third kappa shape index (κ3) is 2.54. The molecule has 1 saturated carbocycles. The van der Waals surface area contributed by atoms with Gasteiger partial charge in [-0.3, -0.25) is 9.48 Å². The summed E-state index contributed by atoms with van der Waals surface area (Å²) >= 11 is 0. The lowest BCUT2D eigenvalue weighted by atomic mass is 9.87. The van der Waals surface area contributed by atoms with E-state index in [1.54, 1.807) is 7.05 Å². The van der Waals surface area contributed by atoms with Crippen LogP contribution in [0, 0.1) is 5.92 Å². The van der Waals surface area contributed by atoms with Crippen molar-refractivity contribution < 1.29 is 14.7 Å². The van der Waals surface area contributed by atoms with Gasteiger partial charge >= 0.3 is 5.97 Å². The van der Waals surface area contributed by atoms with Crippen molar-refractivity contribution in [2.45, 2.75) is 45.1 Å². The van der Waals surface area contributed by atoms with E-state index in [0.29, 0.717) is 25.1 Å². The first-order valence-electron chi connectivity index (χ1n) is 7.64. The van der Waals surface area contributed by atoms with Gasteiger partial charge in [0.15, 0.2) is 5.69 Å². The van der Waals surface area contributed by atoms with E-state index in [1.165, 1.54) is 11.1 Å². The smallest absolute Gasteiger partial charge is 0.354 e. The third-order valence-electron chi connectivity index (χ3n) is 4.66. The molecule has 0 spiro atoms. The molecular weight excluding hydrogens is 270 g/mol. The third-order valence-corrected chi connectivity index (χ3v) is 4.66. The van der Waals surface area contributed by atoms with Gasteiger partial charge in [0.2, 0.25) is 5.91 Å². The maximum Gasteiger partial charge on any atom is 0.354 e. The summed E-state index contributed by atoms with van der Waals surface area (Å²) in [4.78, 5) is 25.8. The molecule has 6 nitrogen and oxygen atoms in total. The lowest BCUT2D eigenvalue weighted by Gasteiger charge is -2.31. The van der Waals surface area contributed by atoms with Crippen molar-refractivity contribution >= 4 is 11.9 Å². The first kappa shape index (κ1) is 14.1. The van der Waals surface area contributed by atoms with Gasteiger partial charge in [0, 0.05) is 38.0 Å². The molecule has 0 saturated heterocycles. The highest BCUT2D eigenvalue weighted by molar-refractivity contribution is 5.88. The number of amides is 1. The number of aromatic nitrogens is 2. The molecule has 0 bridgehead atoms. The number of aromatic carboxylic acids is 1. The van der Waals surface area contributed by atoms with E-state index in [4.69, 9.17) is 0 Å². The number of hydrogen-bond acceptors (Lipinski definition) is 3. The lowest BCUT2D eigenvalue weighted by Crippen LogP contribution is -2.40. The van der Waals surface area contributed by atoms with Crippen molar-refractivity contribution in [2.24, 2.45) is 13.0 Å². The minimum Gasteiger partial charge on any atom is -0.477 e. The summed E-state index contributed by atoms with van der Waals surface area (Å²) in [7, 11) is 1.65. The SMILES string of the molecule is Cn1nc2c(c1C(=O)O)CN(C(=O)C1CCCCC1)CC2. The summed E-state index contributed by atoms with van der Waals surface area (Å²) in [6.45, 7) is 1.04. The molecule has 2 aliphatic rings. The monoisotopic (exact) mass is 291 g/mol. The minimum atomic E-state index is -0.974. The molecular formula is C15H21N3O3. The second-order valence-electron chi connectivity index (χ2n) is 6.05. The molecule has 2 heterocycles. The molecule has 21 heavy (non-hydrogen) atoms. The predicted molar refractivity (Wildman–Crippen MR) is 75.9 cm³/mol. The molecule has 1 aliphatic carbocycles. The van der Waals surface area contributed by atoms with Gasteiger partial charge in [-0.15, -0.1) is 0 Å². The van der Waals surface area contributed by atoms with Crippen LogP contribution in [0.25, 0.3) is 0 Å². The number of fused-ring (bicyclic) bond motifs is 1. The van der Waals surface area contributed by atoms with E-state index in [2.05, 4.69) is 5.10 Å². The molecule has 114 valence electrons. The van der Waals surface area contributed by atoms with Crippen molar-refractivity contribution in [3.05, 3.63) is 17.0 Å². The van der Waals surface area contributed by atoms with Crippen LogP contribution in [0.1, 0.15) is 53.8 Å². The Morgan fingerprint density at radius 3 is 2.62 bits per heavy atom. The number of carbonyl (C=O) groups is 2. The van der Waals surface area contributed by atoms with Crippen LogP contribution in [0.4, 0.5) is 0 Å². The van der Waals surface area contributed by atoms with Gasteiger partial charge in [-0.1, -0.05) is 19.3 Å². The van der Waals surface area contributed by atoms with E-state index in [9.17, 15) is 14.7 Å². The Balaban J connectivity index is 1.80. The summed E-state index contributed by atoms with van der Waals surface area (Å²) in [6, 6.07) is 0. The lowest BCUT2D eigenvalue weighted by molar-refractivity contribution is -0.137. The van der Waals surface area contributed by atoms with Gasteiger partial charge in [0.1, 0.15) is 0 Å². The Hall–Kier alpha value is -1.85. The average molecular weight is 291 g/mol. The van der Waals surface area contributed by atoms with Crippen LogP contribution in [0.2, 0.25) is 0 Å². The van der Waals surface area contributed by atoms with Gasteiger partial charge in [-0.25, -0.2) is 4.79 Å². The zero-order valence-corrected chi connectivity index (χ0v) is 12.3. The fraction of sp³-hybridized carbons (Fsp3) is 0.667. The first-order valence-corrected chi connectivity index (χ1v) is 7.64. The largest absolute Gasteiger partial charge is 0.477 e. The molecule has 0 unspecified atom stereocenters. The van der Waals surface area contributed by atoms with Crippen LogP contribution < -0.4 is 0 Å². The first-order chi connectivity index (χ1) is 10.1. The zero-order valence-electron chi connectivity index (χ0n) is 12.3. The summed E-state index contributed by atoms with van der Waals surface area (Å²) < 4.78 is 1.42. The quantitative estimate of drug-likeness (QED) is 0.897. The molecule has 1 fully saturated rings. The number of carbonyl (C=O) groups excluding carboxylic acids is 1. The fourth-order valence-corrected chi connectivity index (χ4v) is 3.56. The van der Waals surface area contributed by atoms with Gasteiger partial charge in [-0.05, 0) is 12.8 Å². The van der Waals surface area contributed by atoms with Gasteiger partial charge in [0.25, 0.3) is 0 Å². The van der Waals surface area contributed by atoms with Crippen LogP contribution in [0.5, 0.6) is 0 Å². The average Bonchev–Trinajstić information content (AvgIpc) is 2.82. The van der Waals surface area contributed by atoms with Crippen LogP contribution in [-0.2, 0) is 24.8 Å². The molecule has 1 N–H and O–H groups in total. The topological polar surface area (TPSA) is 75.4 Å². The van der Waals surface area contributed by atoms with Crippen LogP contribution in [0.3, 0.4) is 0 Å². The molecule has 0 atom stereocenters. The van der Waals surface area contributed by atoms with Crippen molar-refractivity contribution in [1.29, 1.82) is 0 Å². The van der Waals surface area contributed by atoms with E-state index >= 15 is 0 Å². The van der Waals surface area contributed by atoms with Gasteiger partial charge in [-0.2, -0.15) is 5.10 Å². The molecule has 0 aromatic carbocycles. The van der Waals surface area contributed by atoms with Crippen molar-refractivity contribution in [3.63, 3.8) is 0 Å². The summed E-state index contributed by atoms with van der Waals surface area (Å²) in [5, 5.41) is 13.6. The number of aryl methyl sites for hydroxylation is 1. The highest BCUT2D eigenvalue weighted by Gasteiger charge is 2.32. The zero-order chi connectivity index (χ0) is 15.0. The summed E-state index contributed by atoms with van der Waals surface area (Å²) in [6.07, 6.45) is 6.07. The van der Waals surface area contributed by atoms with E-state index in [0.717, 1.165) is 31.4 Å². The molecule has 1 aliphatic heterocycles. The highest BCUT2D eigenvalue weighted by atomic mass is 16.4. The maximum absolute atomic E-state index is 12.6. The fourth-order valence-electron chi connectivity index (χ4n) is 3.56. The molecule has 0 radical (unpaired) electrons. The van der Waals surface area contributed by atoms with Gasteiger partial charge in [0.05, 0.1) is 5.69 Å². The Morgan fingerprint density at radius 2 is 1.95 bits per heavy atom. The van der Waals surface area contributed by atoms with Crippen molar-refractivity contribution in [3.8, 4) is 0 Å². The Labute approximate surface area is 123 Å². The number of rotatable bonds is 2. The Bertz CT molecular complexity index is 573. The predicted octanol–water partition coefficient (Wildman–Crippen LogP) is 1.58. The number of hydrogen-bond donors (Lipinski definition) is 1. The van der Waals surface area contributed by atoms with Crippen LogP contribution in [0.15, 0.2) is 0 Å². The normalized spacial score (nSPS) is 19.4. The summed E-state index contributed by atoms with van der Waals surface area (Å²) in [5.74, 6) is -0.649. The van der Waals surface area contributed by atoms with E-state index in [-0.39, 0.29) is 17.5 Å². The van der Waals surface area contributed by atoms with Crippen molar-refractivity contribution in [2.75, 3.05) is 6.54 Å². The summed E-state index contributed by atoms with van der Waals surface area (Å²) in [5.41, 5.74) is 1.74. The van der Waals surface area contributed by atoms with E-state index < -0.39 is 5.97 Å². The number of carboxylic acids is 1.